The van der Waals surface area contributed by atoms with Gasteiger partial charge in [0.1, 0.15) is 5.54 Å². The number of carbonyl (C=O) groups excluding carboxylic acids is 1. The molecule has 0 radical (unpaired) electrons. The lowest BCUT2D eigenvalue weighted by Gasteiger charge is -2.29. The maximum atomic E-state index is 12.1. The number of likely N-dealkylation sites (tertiary alicyclic amines) is 1. The van der Waals surface area contributed by atoms with Crippen LogP contribution in [0.5, 0.6) is 0 Å². The third-order valence-electron chi connectivity index (χ3n) is 4.15. The second-order valence-corrected chi connectivity index (χ2v) is 5.24. The van der Waals surface area contributed by atoms with E-state index in [9.17, 15) is 14.7 Å². The molecule has 1 heterocycles. The van der Waals surface area contributed by atoms with Gasteiger partial charge in [-0.25, -0.2) is 0 Å². The van der Waals surface area contributed by atoms with Crippen LogP contribution in [-0.4, -0.2) is 47.1 Å². The molecule has 1 saturated heterocycles. The Hall–Kier alpha value is -1.10. The van der Waals surface area contributed by atoms with Crippen molar-refractivity contribution < 1.29 is 14.7 Å². The van der Waals surface area contributed by atoms with E-state index in [1.165, 1.54) is 12.8 Å². The molecule has 0 aliphatic carbocycles. The van der Waals surface area contributed by atoms with Crippen molar-refractivity contribution in [1.82, 2.24) is 10.2 Å². The van der Waals surface area contributed by atoms with Crippen LogP contribution in [0.4, 0.5) is 0 Å². The summed E-state index contributed by atoms with van der Waals surface area (Å²) in [5, 5.41) is 12.3. The topological polar surface area (TPSA) is 69.6 Å². The monoisotopic (exact) mass is 270 g/mol. The molecule has 0 aromatic heterocycles. The van der Waals surface area contributed by atoms with Crippen LogP contribution in [0.25, 0.3) is 0 Å². The standard InChI is InChI=1S/C14H26N2O3/c1-3-14(4-2,13(18)19)15-11-12(17)16-9-7-5-6-8-10-16/h15H,3-11H2,1-2H3,(H,18,19). The van der Waals surface area contributed by atoms with Gasteiger partial charge < -0.3 is 10.0 Å². The van der Waals surface area contributed by atoms with E-state index in [2.05, 4.69) is 5.32 Å². The molecule has 110 valence electrons. The van der Waals surface area contributed by atoms with Gasteiger partial charge in [-0.15, -0.1) is 0 Å². The molecule has 0 saturated carbocycles. The molecule has 2 N–H and O–H groups in total. The zero-order chi connectivity index (χ0) is 14.3. The van der Waals surface area contributed by atoms with Crippen LogP contribution in [0.15, 0.2) is 0 Å². The highest BCUT2D eigenvalue weighted by Crippen LogP contribution is 2.15. The zero-order valence-electron chi connectivity index (χ0n) is 12.1. The van der Waals surface area contributed by atoms with E-state index in [0.717, 1.165) is 25.9 Å². The molecule has 19 heavy (non-hydrogen) atoms. The van der Waals surface area contributed by atoms with Crippen molar-refractivity contribution in [3.8, 4) is 0 Å². The predicted octanol–water partition coefficient (Wildman–Crippen LogP) is 1.62. The number of aliphatic carboxylic acids is 1. The van der Waals surface area contributed by atoms with E-state index >= 15 is 0 Å². The van der Waals surface area contributed by atoms with Crippen molar-refractivity contribution in [1.29, 1.82) is 0 Å². The van der Waals surface area contributed by atoms with Crippen LogP contribution in [0.1, 0.15) is 52.4 Å². The number of nitrogens with one attached hydrogen (secondary N) is 1. The lowest BCUT2D eigenvalue weighted by atomic mass is 9.93. The molecule has 5 nitrogen and oxygen atoms in total. The molecule has 0 bridgehead atoms. The molecule has 1 aliphatic heterocycles. The molecule has 1 fully saturated rings. The average molecular weight is 270 g/mol. The largest absolute Gasteiger partial charge is 0.480 e. The van der Waals surface area contributed by atoms with Crippen LogP contribution in [0.2, 0.25) is 0 Å². The Morgan fingerprint density at radius 2 is 1.63 bits per heavy atom. The van der Waals surface area contributed by atoms with E-state index in [-0.39, 0.29) is 12.5 Å². The summed E-state index contributed by atoms with van der Waals surface area (Å²) in [6.45, 7) is 5.40. The molecule has 1 aliphatic rings. The molecule has 0 spiro atoms. The van der Waals surface area contributed by atoms with Crippen molar-refractivity contribution in [2.75, 3.05) is 19.6 Å². The molecular weight excluding hydrogens is 244 g/mol. The number of rotatable bonds is 6. The van der Waals surface area contributed by atoms with Gasteiger partial charge in [-0.2, -0.15) is 0 Å². The molecule has 0 unspecified atom stereocenters. The lowest BCUT2D eigenvalue weighted by molar-refractivity contribution is -0.145. The Morgan fingerprint density at radius 1 is 1.11 bits per heavy atom. The SMILES string of the molecule is CCC(CC)(NCC(=O)N1CCCCCC1)C(=O)O. The van der Waals surface area contributed by atoms with Crippen molar-refractivity contribution in [2.24, 2.45) is 0 Å². The average Bonchev–Trinajstić information content (AvgIpc) is 2.68. The number of carbonyl (C=O) groups is 2. The number of hydrogen-bond acceptors (Lipinski definition) is 3. The van der Waals surface area contributed by atoms with Crippen LogP contribution in [-0.2, 0) is 9.59 Å². The Morgan fingerprint density at radius 3 is 2.05 bits per heavy atom. The highest BCUT2D eigenvalue weighted by Gasteiger charge is 2.35. The first-order chi connectivity index (χ1) is 9.05. The summed E-state index contributed by atoms with van der Waals surface area (Å²) >= 11 is 0. The van der Waals surface area contributed by atoms with E-state index in [0.29, 0.717) is 12.8 Å². The zero-order valence-corrected chi connectivity index (χ0v) is 12.1. The minimum absolute atomic E-state index is 0.0226. The first-order valence-corrected chi connectivity index (χ1v) is 7.32. The van der Waals surface area contributed by atoms with E-state index in [1.807, 2.05) is 18.7 Å². The second-order valence-electron chi connectivity index (χ2n) is 5.24. The maximum Gasteiger partial charge on any atom is 0.323 e. The third kappa shape index (κ3) is 4.20. The van der Waals surface area contributed by atoms with E-state index in [4.69, 9.17) is 0 Å². The Kier molecular flexibility index (Phi) is 6.28. The van der Waals surface area contributed by atoms with Gasteiger partial charge in [-0.05, 0) is 25.7 Å². The van der Waals surface area contributed by atoms with Gasteiger partial charge in [0.2, 0.25) is 5.91 Å². The first kappa shape index (κ1) is 16.0. The van der Waals surface area contributed by atoms with Gasteiger partial charge in [-0.3, -0.25) is 14.9 Å². The summed E-state index contributed by atoms with van der Waals surface area (Å²) in [5.41, 5.74) is -0.971. The normalized spacial score (nSPS) is 17.1. The van der Waals surface area contributed by atoms with Gasteiger partial charge in [0.15, 0.2) is 0 Å². The quantitative estimate of drug-likeness (QED) is 0.769. The first-order valence-electron chi connectivity index (χ1n) is 7.32. The highest BCUT2D eigenvalue weighted by atomic mass is 16.4. The van der Waals surface area contributed by atoms with Gasteiger partial charge >= 0.3 is 5.97 Å². The molecule has 0 aromatic carbocycles. The van der Waals surface area contributed by atoms with Gasteiger partial charge in [0, 0.05) is 13.1 Å². The van der Waals surface area contributed by atoms with Crippen LogP contribution in [0.3, 0.4) is 0 Å². The minimum Gasteiger partial charge on any atom is -0.480 e. The fourth-order valence-corrected chi connectivity index (χ4v) is 2.55. The molecule has 1 rings (SSSR count). The number of carboxylic acids is 1. The summed E-state index contributed by atoms with van der Waals surface area (Å²) in [6, 6.07) is 0. The lowest BCUT2D eigenvalue weighted by Crippen LogP contribution is -2.54. The summed E-state index contributed by atoms with van der Waals surface area (Å²) < 4.78 is 0. The van der Waals surface area contributed by atoms with Gasteiger partial charge in [0.25, 0.3) is 0 Å². The Labute approximate surface area is 115 Å². The molecular formula is C14H26N2O3. The van der Waals surface area contributed by atoms with Crippen molar-refractivity contribution in [2.45, 2.75) is 57.9 Å². The molecule has 5 heteroatoms. The highest BCUT2D eigenvalue weighted by molar-refractivity contribution is 5.82. The Bertz CT molecular complexity index is 306. The van der Waals surface area contributed by atoms with E-state index < -0.39 is 11.5 Å². The number of hydrogen-bond donors (Lipinski definition) is 2. The molecule has 1 amide bonds. The minimum atomic E-state index is -0.971. The number of nitrogens with zero attached hydrogens (tertiary/aromatic N) is 1. The smallest absolute Gasteiger partial charge is 0.323 e. The third-order valence-corrected chi connectivity index (χ3v) is 4.15. The number of amides is 1. The van der Waals surface area contributed by atoms with Crippen molar-refractivity contribution in [3.63, 3.8) is 0 Å². The van der Waals surface area contributed by atoms with E-state index in [1.54, 1.807) is 0 Å². The van der Waals surface area contributed by atoms with Crippen LogP contribution < -0.4 is 5.32 Å². The van der Waals surface area contributed by atoms with Gasteiger partial charge in [0.05, 0.1) is 6.54 Å². The maximum absolute atomic E-state index is 12.1. The van der Waals surface area contributed by atoms with Crippen LogP contribution >= 0.6 is 0 Å². The Balaban J connectivity index is 2.53. The fraction of sp³-hybridized carbons (Fsp3) is 0.857. The predicted molar refractivity (Wildman–Crippen MR) is 74.0 cm³/mol. The van der Waals surface area contributed by atoms with Crippen molar-refractivity contribution in [3.05, 3.63) is 0 Å². The number of carboxylic acid groups (broad SMARTS) is 1. The van der Waals surface area contributed by atoms with Crippen LogP contribution in [0, 0.1) is 0 Å². The summed E-state index contributed by atoms with van der Waals surface area (Å²) in [6.07, 6.45) is 5.42. The molecule has 0 aromatic rings. The van der Waals surface area contributed by atoms with Gasteiger partial charge in [-0.1, -0.05) is 26.7 Å². The molecule has 0 atom stereocenters. The van der Waals surface area contributed by atoms with Crippen molar-refractivity contribution >= 4 is 11.9 Å². The second kappa shape index (κ2) is 7.48. The summed E-state index contributed by atoms with van der Waals surface area (Å²) in [7, 11) is 0. The fourth-order valence-electron chi connectivity index (χ4n) is 2.55. The summed E-state index contributed by atoms with van der Waals surface area (Å²) in [5.74, 6) is -0.851. The summed E-state index contributed by atoms with van der Waals surface area (Å²) in [4.78, 5) is 25.3.